The third-order valence-electron chi connectivity index (χ3n) is 9.70. The Morgan fingerprint density at radius 3 is 2.37 bits per heavy atom. The van der Waals surface area contributed by atoms with Crippen LogP contribution in [0.2, 0.25) is 0 Å². The van der Waals surface area contributed by atoms with E-state index in [4.69, 9.17) is 0 Å². The first-order valence-corrected chi connectivity index (χ1v) is 17.1. The molecule has 3 N–H and O–H groups in total. The molecule has 2 fully saturated rings. The summed E-state index contributed by atoms with van der Waals surface area (Å²) in [6, 6.07) is 17.0. The number of aryl methyl sites for hydroxylation is 1. The zero-order valence-electron chi connectivity index (χ0n) is 28.8. The van der Waals surface area contributed by atoms with Crippen molar-refractivity contribution in [3.8, 4) is 0 Å². The van der Waals surface area contributed by atoms with Crippen LogP contribution in [0.1, 0.15) is 52.7 Å². The van der Waals surface area contributed by atoms with Gasteiger partial charge in [0.15, 0.2) is 0 Å². The fraction of sp³-hybridized carbons (Fsp3) is 0.395. The topological polar surface area (TPSA) is 104 Å². The van der Waals surface area contributed by atoms with Gasteiger partial charge in [0.25, 0.3) is 5.91 Å². The molecule has 4 amide bonds. The molecule has 4 aromatic rings. The molecular formula is C38H46FN7O3. The van der Waals surface area contributed by atoms with Crippen molar-refractivity contribution in [2.24, 2.45) is 0 Å². The number of hydrogen-bond donors (Lipinski definition) is 3. The van der Waals surface area contributed by atoms with Gasteiger partial charge in [0.1, 0.15) is 11.9 Å². The molecule has 0 saturated carbocycles. The van der Waals surface area contributed by atoms with Crippen molar-refractivity contribution in [1.29, 1.82) is 0 Å². The van der Waals surface area contributed by atoms with E-state index in [0.29, 0.717) is 57.1 Å². The molecular weight excluding hydrogens is 621 g/mol. The number of rotatable bonds is 9. The molecule has 3 aromatic carbocycles. The minimum Gasteiger partial charge on any atom is -0.368 e. The number of para-hydroxylation sites is 1. The third-order valence-corrected chi connectivity index (χ3v) is 9.70. The van der Waals surface area contributed by atoms with Gasteiger partial charge in [-0.2, -0.15) is 0 Å². The lowest BCUT2D eigenvalue weighted by molar-refractivity contribution is -0.118. The molecule has 2 saturated heterocycles. The van der Waals surface area contributed by atoms with Crippen molar-refractivity contribution < 1.29 is 18.8 Å². The molecule has 2 aliphatic heterocycles. The van der Waals surface area contributed by atoms with Gasteiger partial charge in [-0.25, -0.2) is 9.18 Å². The standard InChI is InChI=1S/C38H46FN7O3/c1-25-21-28(39)12-14-34(25)44-17-19-46(20-18-44)38(49)42-35(26(2)31-23-40-32-10-6-5-9-29(31)32)36(47)41-33-22-27(24-43(3)4)11-13-30(33)37(48)45-15-7-8-16-45/h5-6,9-14,21-23,26,35,40H,7-8,15-20,24H2,1-4H3,(H,41,47)(H,42,49)/t26-,35-/m1/s1. The number of fused-ring (bicyclic) bond motifs is 1. The van der Waals surface area contributed by atoms with Gasteiger partial charge in [-0.05, 0) is 86.9 Å². The van der Waals surface area contributed by atoms with Gasteiger partial charge in [0.05, 0.1) is 11.3 Å². The fourth-order valence-corrected chi connectivity index (χ4v) is 7.06. The molecule has 2 atom stereocenters. The second-order valence-electron chi connectivity index (χ2n) is 13.5. The van der Waals surface area contributed by atoms with Gasteiger partial charge >= 0.3 is 6.03 Å². The maximum atomic E-state index is 14.4. The number of anilines is 2. The summed E-state index contributed by atoms with van der Waals surface area (Å²) in [7, 11) is 3.94. The number of nitrogens with one attached hydrogen (secondary N) is 3. The maximum absolute atomic E-state index is 14.4. The van der Waals surface area contributed by atoms with Crippen molar-refractivity contribution in [3.05, 3.63) is 94.9 Å². The van der Waals surface area contributed by atoms with Crippen molar-refractivity contribution >= 4 is 40.1 Å². The van der Waals surface area contributed by atoms with Gasteiger partial charge in [-0.1, -0.05) is 31.2 Å². The van der Waals surface area contributed by atoms with Crippen molar-refractivity contribution in [2.75, 3.05) is 63.6 Å². The van der Waals surface area contributed by atoms with Crippen LogP contribution >= 0.6 is 0 Å². The van der Waals surface area contributed by atoms with Crippen LogP contribution in [-0.2, 0) is 11.3 Å². The summed E-state index contributed by atoms with van der Waals surface area (Å²) < 4.78 is 13.7. The van der Waals surface area contributed by atoms with Crippen molar-refractivity contribution in [1.82, 2.24) is 25.0 Å². The molecule has 0 aliphatic carbocycles. The molecule has 0 radical (unpaired) electrons. The Bertz CT molecular complexity index is 1830. The van der Waals surface area contributed by atoms with Crippen molar-refractivity contribution in [2.45, 2.75) is 45.2 Å². The molecule has 3 heterocycles. The number of urea groups is 1. The highest BCUT2D eigenvalue weighted by molar-refractivity contribution is 6.06. The second kappa shape index (κ2) is 14.7. The van der Waals surface area contributed by atoms with Crippen LogP contribution in [0.25, 0.3) is 10.9 Å². The molecule has 2 aliphatic rings. The molecule has 0 bridgehead atoms. The lowest BCUT2D eigenvalue weighted by Crippen LogP contribution is -2.56. The molecule has 49 heavy (non-hydrogen) atoms. The van der Waals surface area contributed by atoms with Crippen LogP contribution in [0.4, 0.5) is 20.6 Å². The third kappa shape index (κ3) is 7.57. The molecule has 11 heteroatoms. The zero-order valence-corrected chi connectivity index (χ0v) is 28.8. The van der Waals surface area contributed by atoms with Crippen LogP contribution in [0.15, 0.2) is 66.9 Å². The number of likely N-dealkylation sites (tertiary alicyclic amines) is 1. The molecule has 1 aromatic heterocycles. The monoisotopic (exact) mass is 667 g/mol. The quantitative estimate of drug-likeness (QED) is 0.217. The van der Waals surface area contributed by atoms with Gasteiger partial charge < -0.3 is 35.2 Å². The summed E-state index contributed by atoms with van der Waals surface area (Å²) in [5.41, 5.74) is 5.48. The first kappa shape index (κ1) is 34.0. The average Bonchev–Trinajstić information content (AvgIpc) is 3.78. The summed E-state index contributed by atoms with van der Waals surface area (Å²) in [6.07, 6.45) is 3.81. The number of benzene rings is 3. The first-order valence-electron chi connectivity index (χ1n) is 17.1. The van der Waals surface area contributed by atoms with E-state index >= 15 is 0 Å². The largest absolute Gasteiger partial charge is 0.368 e. The Kier molecular flexibility index (Phi) is 10.2. The van der Waals surface area contributed by atoms with Crippen molar-refractivity contribution in [3.63, 3.8) is 0 Å². The maximum Gasteiger partial charge on any atom is 0.318 e. The second-order valence-corrected chi connectivity index (χ2v) is 13.5. The average molecular weight is 668 g/mol. The van der Waals surface area contributed by atoms with Crippen LogP contribution in [0.5, 0.6) is 0 Å². The van der Waals surface area contributed by atoms with Crippen LogP contribution in [-0.4, -0.2) is 96.9 Å². The van der Waals surface area contributed by atoms with Gasteiger partial charge in [0.2, 0.25) is 5.91 Å². The first-order chi connectivity index (χ1) is 23.6. The molecule has 258 valence electrons. The highest BCUT2D eigenvalue weighted by atomic mass is 19.1. The van der Waals surface area contributed by atoms with Crippen LogP contribution in [0, 0.1) is 12.7 Å². The number of hydrogen-bond acceptors (Lipinski definition) is 5. The number of carbonyl (C=O) groups excluding carboxylic acids is 3. The highest BCUT2D eigenvalue weighted by Gasteiger charge is 2.33. The molecule has 0 unspecified atom stereocenters. The Hall–Kier alpha value is -4.90. The van der Waals surface area contributed by atoms with Crippen LogP contribution < -0.4 is 15.5 Å². The SMILES string of the molecule is Cc1cc(F)ccc1N1CCN(C(=O)N[C@@H](C(=O)Nc2cc(CN(C)C)ccc2C(=O)N2CCCC2)[C@H](C)c2c[nH]c3ccccc23)CC1. The zero-order chi connectivity index (χ0) is 34.7. The number of nitrogens with zero attached hydrogens (tertiary/aromatic N) is 4. The number of halogens is 1. The summed E-state index contributed by atoms with van der Waals surface area (Å²) in [5, 5.41) is 7.13. The summed E-state index contributed by atoms with van der Waals surface area (Å²) in [5.74, 6) is -1.19. The van der Waals surface area contributed by atoms with Gasteiger partial charge in [0, 0.05) is 74.5 Å². The Labute approximate surface area is 287 Å². The predicted octanol–water partition coefficient (Wildman–Crippen LogP) is 5.56. The number of carbonyl (C=O) groups is 3. The normalized spacial score (nSPS) is 16.2. The van der Waals surface area contributed by atoms with E-state index in [9.17, 15) is 18.8 Å². The number of piperazine rings is 1. The molecule has 6 rings (SSSR count). The van der Waals surface area contributed by atoms with E-state index < -0.39 is 17.9 Å². The molecule has 0 spiro atoms. The van der Waals surface area contributed by atoms with E-state index in [1.807, 2.05) is 80.3 Å². The van der Waals surface area contributed by atoms with E-state index in [1.165, 1.54) is 12.1 Å². The van der Waals surface area contributed by atoms with E-state index in [2.05, 4.69) is 20.5 Å². The lowest BCUT2D eigenvalue weighted by Gasteiger charge is -2.37. The lowest BCUT2D eigenvalue weighted by atomic mass is 9.92. The Balaban J connectivity index is 1.26. The molecule has 10 nitrogen and oxygen atoms in total. The fourth-order valence-electron chi connectivity index (χ4n) is 7.06. The predicted molar refractivity (Wildman–Crippen MR) is 192 cm³/mol. The van der Waals surface area contributed by atoms with Gasteiger partial charge in [-0.3, -0.25) is 9.59 Å². The number of aromatic amines is 1. The summed E-state index contributed by atoms with van der Waals surface area (Å²) in [4.78, 5) is 52.9. The highest BCUT2D eigenvalue weighted by Crippen LogP contribution is 2.30. The summed E-state index contributed by atoms with van der Waals surface area (Å²) in [6.45, 7) is 7.88. The van der Waals surface area contributed by atoms with E-state index in [-0.39, 0.29) is 17.8 Å². The minimum atomic E-state index is -0.948. The van der Waals surface area contributed by atoms with E-state index in [1.54, 1.807) is 17.0 Å². The van der Waals surface area contributed by atoms with E-state index in [0.717, 1.165) is 46.1 Å². The minimum absolute atomic E-state index is 0.108. The smallest absolute Gasteiger partial charge is 0.318 e. The Morgan fingerprint density at radius 2 is 1.65 bits per heavy atom. The van der Waals surface area contributed by atoms with Gasteiger partial charge in [-0.15, -0.1) is 0 Å². The number of amides is 4. The Morgan fingerprint density at radius 1 is 0.918 bits per heavy atom. The number of aromatic nitrogens is 1. The van der Waals surface area contributed by atoms with Crippen LogP contribution in [0.3, 0.4) is 0 Å². The number of H-pyrrole nitrogens is 1. The summed E-state index contributed by atoms with van der Waals surface area (Å²) >= 11 is 0.